The van der Waals surface area contributed by atoms with Crippen molar-refractivity contribution in [1.29, 1.82) is 0 Å². The van der Waals surface area contributed by atoms with Crippen LogP contribution >= 0.6 is 36.2 Å². The summed E-state index contributed by atoms with van der Waals surface area (Å²) in [5, 5.41) is 20.7. The van der Waals surface area contributed by atoms with Gasteiger partial charge in [-0.05, 0) is 54.9 Å². The third-order valence-corrected chi connectivity index (χ3v) is 5.88. The zero-order chi connectivity index (χ0) is 24.3. The van der Waals surface area contributed by atoms with Crippen LogP contribution in [0.5, 0.6) is 11.5 Å². The van der Waals surface area contributed by atoms with E-state index in [0.29, 0.717) is 6.54 Å². The number of halogens is 2. The van der Waals surface area contributed by atoms with Crippen LogP contribution in [0, 0.1) is 0 Å². The number of carbonyl (C=O) groups excluding carboxylic acids is 1. The Hall–Kier alpha value is -3.14. The molecule has 1 amide bonds. The molecule has 0 fully saturated rings. The zero-order valence-corrected chi connectivity index (χ0v) is 22.5. The van der Waals surface area contributed by atoms with Gasteiger partial charge in [0.05, 0.1) is 18.7 Å². The Balaban J connectivity index is 0.000000456. The highest BCUT2D eigenvalue weighted by Crippen LogP contribution is 2.33. The highest BCUT2D eigenvalue weighted by molar-refractivity contribution is 7.13. The van der Waals surface area contributed by atoms with E-state index >= 15 is 0 Å². The van der Waals surface area contributed by atoms with Gasteiger partial charge in [-0.25, -0.2) is 4.98 Å². The molecule has 0 saturated carbocycles. The van der Waals surface area contributed by atoms with E-state index in [1.807, 2.05) is 84.2 Å². The number of para-hydroxylation sites is 1. The number of hydrogen-bond acceptors (Lipinski definition) is 7. The minimum atomic E-state index is -0.0890. The van der Waals surface area contributed by atoms with Gasteiger partial charge in [-0.15, -0.1) is 36.2 Å². The molecule has 1 aromatic heterocycles. The van der Waals surface area contributed by atoms with E-state index in [1.54, 1.807) is 0 Å². The van der Waals surface area contributed by atoms with Gasteiger partial charge in [0, 0.05) is 29.4 Å². The van der Waals surface area contributed by atoms with E-state index in [9.17, 15) is 4.79 Å². The van der Waals surface area contributed by atoms with Crippen molar-refractivity contribution in [3.8, 4) is 11.5 Å². The lowest BCUT2D eigenvalue weighted by molar-refractivity contribution is -0.115. The summed E-state index contributed by atoms with van der Waals surface area (Å²) in [6.07, 6.45) is 1.12. The summed E-state index contributed by atoms with van der Waals surface area (Å²) in [4.78, 5) is 16.7. The lowest BCUT2D eigenvalue weighted by atomic mass is 10.1. The molecule has 2 aliphatic heterocycles. The van der Waals surface area contributed by atoms with Crippen LogP contribution in [0.2, 0.25) is 0 Å². The minimum absolute atomic E-state index is 0. The number of amides is 1. The molecule has 2 aliphatic rings. The Kier molecular flexibility index (Phi) is 12.9. The summed E-state index contributed by atoms with van der Waals surface area (Å²) < 4.78 is 5.01. The number of nitrogens with zero attached hydrogens (tertiary/aromatic N) is 1. The maximum absolute atomic E-state index is 12.3. The van der Waals surface area contributed by atoms with Crippen molar-refractivity contribution < 1.29 is 14.6 Å². The first-order valence-corrected chi connectivity index (χ1v) is 12.3. The number of aliphatic hydroxyl groups is 1. The Bertz CT molecular complexity index is 1200. The fourth-order valence-corrected chi connectivity index (χ4v) is 4.06. The summed E-state index contributed by atoms with van der Waals surface area (Å²) in [6, 6.07) is 25.5. The smallest absolute Gasteiger partial charge is 0.230 e. The van der Waals surface area contributed by atoms with Gasteiger partial charge >= 0.3 is 0 Å². The van der Waals surface area contributed by atoms with Gasteiger partial charge in [0.25, 0.3) is 0 Å². The molecule has 0 atom stereocenters. The lowest BCUT2D eigenvalue weighted by Crippen LogP contribution is -2.20. The van der Waals surface area contributed by atoms with Gasteiger partial charge in [0.15, 0.2) is 5.13 Å². The second-order valence-corrected chi connectivity index (χ2v) is 8.72. The number of aromatic nitrogens is 1. The first-order valence-electron chi connectivity index (χ1n) is 11.4. The van der Waals surface area contributed by atoms with Gasteiger partial charge in [-0.3, -0.25) is 4.79 Å². The number of hydrogen-bond donors (Lipinski definition) is 4. The Morgan fingerprint density at radius 2 is 1.59 bits per heavy atom. The van der Waals surface area contributed by atoms with Gasteiger partial charge in [0.2, 0.25) is 5.91 Å². The molecule has 4 aromatic rings. The molecule has 0 spiro atoms. The second-order valence-electron chi connectivity index (χ2n) is 7.86. The maximum Gasteiger partial charge on any atom is 0.230 e. The zero-order valence-electron chi connectivity index (χ0n) is 20.1. The van der Waals surface area contributed by atoms with Crippen molar-refractivity contribution >= 4 is 58.6 Å². The number of fused-ring (bicyclic) bond motifs is 2. The predicted octanol–water partition coefficient (Wildman–Crippen LogP) is 5.83. The molecule has 10 heteroatoms. The summed E-state index contributed by atoms with van der Waals surface area (Å²) in [6.45, 7) is 1.57. The molecule has 196 valence electrons. The van der Waals surface area contributed by atoms with Crippen LogP contribution in [0.3, 0.4) is 0 Å². The summed E-state index contributed by atoms with van der Waals surface area (Å²) >= 11 is 1.48. The molecular formula is C27H30Cl2N4O3S. The molecular weight excluding hydrogens is 531 g/mol. The molecule has 6 rings (SSSR count). The predicted molar refractivity (Wildman–Crippen MR) is 155 cm³/mol. The molecule has 0 unspecified atom stereocenters. The normalized spacial score (nSPS) is 10.3. The van der Waals surface area contributed by atoms with E-state index < -0.39 is 0 Å². The molecule has 3 aromatic carbocycles. The van der Waals surface area contributed by atoms with Crippen LogP contribution < -0.4 is 20.7 Å². The van der Waals surface area contributed by atoms with Gasteiger partial charge in [-0.1, -0.05) is 36.4 Å². The fraction of sp³-hybridized carbons (Fsp3) is 0.185. The Morgan fingerprint density at radius 1 is 0.892 bits per heavy atom. The number of benzene rings is 3. The van der Waals surface area contributed by atoms with Crippen molar-refractivity contribution in [2.45, 2.75) is 12.8 Å². The summed E-state index contributed by atoms with van der Waals surface area (Å²) in [7, 11) is 0. The lowest BCUT2D eigenvalue weighted by Gasteiger charge is -2.13. The van der Waals surface area contributed by atoms with Crippen molar-refractivity contribution in [2.24, 2.45) is 0 Å². The SMILES string of the molecule is Cl.Cl.O=C(Cc1csc(Nc2ccccc2)n1)Nc1ccc(CCNCCO)cc1.c1cc2cc(c1)O2. The largest absolute Gasteiger partial charge is 0.457 e. The average molecular weight is 562 g/mol. The van der Waals surface area contributed by atoms with E-state index in [0.717, 1.165) is 46.7 Å². The Morgan fingerprint density at radius 3 is 2.19 bits per heavy atom. The van der Waals surface area contributed by atoms with Crippen molar-refractivity contribution in [1.82, 2.24) is 10.3 Å². The highest BCUT2D eigenvalue weighted by Gasteiger charge is 2.09. The third kappa shape index (κ3) is 10.0. The van der Waals surface area contributed by atoms with Gasteiger partial charge in [0.1, 0.15) is 11.5 Å². The molecule has 0 aliphatic carbocycles. The van der Waals surface area contributed by atoms with E-state index in [2.05, 4.69) is 20.9 Å². The number of thiazole rings is 1. The maximum atomic E-state index is 12.3. The van der Waals surface area contributed by atoms with Gasteiger partial charge in [-0.2, -0.15) is 0 Å². The van der Waals surface area contributed by atoms with Crippen LogP contribution in [-0.2, 0) is 17.6 Å². The molecule has 0 radical (unpaired) electrons. The number of carbonyl (C=O) groups is 1. The number of nitrogens with one attached hydrogen (secondary N) is 3. The molecule has 0 saturated heterocycles. The molecule has 2 bridgehead atoms. The van der Waals surface area contributed by atoms with Gasteiger partial charge < -0.3 is 25.8 Å². The summed E-state index contributed by atoms with van der Waals surface area (Å²) in [5.41, 5.74) is 3.67. The third-order valence-electron chi connectivity index (χ3n) is 5.08. The quantitative estimate of drug-likeness (QED) is 0.160. The number of anilines is 3. The topological polar surface area (TPSA) is 95.5 Å². The Labute approximate surface area is 233 Å². The minimum Gasteiger partial charge on any atom is -0.457 e. The molecule has 37 heavy (non-hydrogen) atoms. The first kappa shape index (κ1) is 30.1. The molecule has 4 N–H and O–H groups in total. The molecule has 7 nitrogen and oxygen atoms in total. The number of aliphatic hydroxyl groups excluding tert-OH is 1. The van der Waals surface area contributed by atoms with E-state index in [1.165, 1.54) is 16.9 Å². The van der Waals surface area contributed by atoms with E-state index in [4.69, 9.17) is 9.84 Å². The standard InChI is InChI=1S/C21H24N4O2S.C6H4O.2ClH/c26-13-12-22-11-10-16-6-8-18(9-7-16)23-20(27)14-19-15-28-21(25-19)24-17-4-2-1-3-5-17;1-2-5-4-6(3-1)7-5;;/h1-9,15,22,26H,10-14H2,(H,23,27)(H,24,25);1-4H;2*1H. The van der Waals surface area contributed by atoms with Crippen LogP contribution in [0.1, 0.15) is 11.3 Å². The number of ether oxygens (including phenoxy) is 1. The van der Waals surface area contributed by atoms with Crippen LogP contribution in [0.15, 0.2) is 84.2 Å². The van der Waals surface area contributed by atoms with E-state index in [-0.39, 0.29) is 43.7 Å². The average Bonchev–Trinajstić information content (AvgIpc) is 3.30. The van der Waals surface area contributed by atoms with Crippen LogP contribution in [0.4, 0.5) is 16.5 Å². The van der Waals surface area contributed by atoms with Crippen molar-refractivity contribution in [2.75, 3.05) is 30.3 Å². The fourth-order valence-electron chi connectivity index (χ4n) is 3.33. The summed E-state index contributed by atoms with van der Waals surface area (Å²) in [5.74, 6) is 1.88. The van der Waals surface area contributed by atoms with Crippen molar-refractivity contribution in [3.05, 3.63) is 95.5 Å². The highest BCUT2D eigenvalue weighted by atomic mass is 35.5. The van der Waals surface area contributed by atoms with Crippen LogP contribution in [-0.4, -0.2) is 35.7 Å². The van der Waals surface area contributed by atoms with Crippen LogP contribution in [0.25, 0.3) is 0 Å². The first-order chi connectivity index (χ1) is 17.2. The number of rotatable bonds is 10. The molecule has 3 heterocycles. The monoisotopic (exact) mass is 560 g/mol. The second kappa shape index (κ2) is 15.9. The van der Waals surface area contributed by atoms with Crippen molar-refractivity contribution in [3.63, 3.8) is 0 Å².